The molecule has 0 N–H and O–H groups in total. The fraction of sp³-hybridized carbons (Fsp3) is 0.120. The number of rotatable bonds is 0. The van der Waals surface area contributed by atoms with E-state index in [0.29, 0.717) is 0 Å². The molecule has 140 heavy (non-hydrogen) atoms. The van der Waals surface area contributed by atoms with Crippen LogP contribution in [0.3, 0.4) is 0 Å². The van der Waals surface area contributed by atoms with Crippen LogP contribution in [0.2, 0.25) is 0 Å². The second-order valence-electron chi connectivity index (χ2n) is 39.5. The van der Waals surface area contributed by atoms with Gasteiger partial charge in [0.15, 0.2) is 0 Å². The lowest BCUT2D eigenvalue weighted by atomic mass is 9.85. The Morgan fingerprint density at radius 2 is 0.407 bits per heavy atom. The van der Waals surface area contributed by atoms with Crippen LogP contribution >= 0.6 is 0 Å². The molecule has 15 aliphatic rings. The van der Waals surface area contributed by atoms with Crippen molar-refractivity contribution in [2.45, 2.75) is 96.3 Å². The third-order valence-corrected chi connectivity index (χ3v) is 32.3. The predicted molar refractivity (Wildman–Crippen MR) is 553 cm³/mol. The summed E-state index contributed by atoms with van der Waals surface area (Å²) in [5.41, 5.74) is 71.4. The molecule has 20 heterocycles. The average Bonchev–Trinajstić information content (AvgIpc) is 1.03. The Labute approximate surface area is 809 Å². The van der Waals surface area contributed by atoms with Crippen LogP contribution < -0.4 is 24.5 Å². The summed E-state index contributed by atoms with van der Waals surface area (Å²) in [7, 11) is 0. The molecule has 0 fully saturated rings. The number of nitrogens with zero attached hydrogens (tertiary/aromatic N) is 15. The minimum atomic E-state index is 0.856. The second kappa shape index (κ2) is 30.1. The van der Waals surface area contributed by atoms with Gasteiger partial charge >= 0.3 is 0 Å². The minimum Gasteiger partial charge on any atom is -0.308 e. The van der Waals surface area contributed by atoms with Crippen molar-refractivity contribution in [2.75, 3.05) is 24.5 Å². The molecule has 0 radical (unpaired) electrons. The summed E-state index contributed by atoms with van der Waals surface area (Å²) in [6.45, 7) is 0. The van der Waals surface area contributed by atoms with Gasteiger partial charge in [-0.1, -0.05) is 164 Å². The molecule has 0 bridgehead atoms. The number of fused-ring (bicyclic) bond motifs is 40. The molecule has 0 saturated carbocycles. The Hall–Kier alpha value is -17.3. The van der Waals surface area contributed by atoms with E-state index in [4.69, 9.17) is 24.9 Å². The van der Waals surface area contributed by atoms with Crippen molar-refractivity contribution in [1.82, 2.24) is 49.8 Å². The van der Waals surface area contributed by atoms with Crippen LogP contribution in [0.1, 0.15) is 167 Å². The van der Waals surface area contributed by atoms with E-state index in [0.717, 1.165) is 114 Å². The number of hydrogen-bond donors (Lipinski definition) is 0. The van der Waals surface area contributed by atoms with Crippen LogP contribution in [-0.4, -0.2) is 49.8 Å². The normalized spacial score (nSPS) is 14.6. The Morgan fingerprint density at radius 1 is 0.143 bits per heavy atom. The molecule has 20 aromatic rings. The lowest BCUT2D eigenvalue weighted by molar-refractivity contribution is 0.932. The van der Waals surface area contributed by atoms with Gasteiger partial charge in [-0.3, -0.25) is 49.7 Å². The van der Waals surface area contributed by atoms with Gasteiger partial charge in [-0.2, -0.15) is 0 Å². The van der Waals surface area contributed by atoms with Crippen LogP contribution in [0.4, 0.5) is 85.6 Å². The van der Waals surface area contributed by atoms with Crippen LogP contribution in [-0.2, 0) is 96.3 Å². The highest BCUT2D eigenvalue weighted by atomic mass is 15.2. The average molecular weight is 1800 g/mol. The Morgan fingerprint density at radius 3 is 0.807 bits per heavy atom. The van der Waals surface area contributed by atoms with Crippen LogP contribution in [0.5, 0.6) is 0 Å². The summed E-state index contributed by atoms with van der Waals surface area (Å²) in [6, 6.07) is 88.5. The number of aromatic nitrogens is 10. The Kier molecular flexibility index (Phi) is 16.8. The van der Waals surface area contributed by atoms with E-state index in [1.807, 2.05) is 98.9 Å². The second-order valence-corrected chi connectivity index (χ2v) is 39.5. The van der Waals surface area contributed by atoms with E-state index in [2.05, 4.69) is 286 Å². The molecular formula is C125H85N15. The topological polar surface area (TPSA) is 145 Å². The number of pyridine rings is 10. The smallest absolute Gasteiger partial charge is 0.141 e. The summed E-state index contributed by atoms with van der Waals surface area (Å²) in [4.78, 5) is 58.3. The van der Waals surface area contributed by atoms with Gasteiger partial charge < -0.3 is 14.7 Å². The van der Waals surface area contributed by atoms with Crippen molar-refractivity contribution in [1.29, 1.82) is 0 Å². The number of benzene rings is 10. The quantitative estimate of drug-likeness (QED) is 0.142. The summed E-state index contributed by atoms with van der Waals surface area (Å²) < 4.78 is 0. The molecule has 15 heteroatoms. The molecule has 660 valence electrons. The molecule has 15 nitrogen and oxygen atoms in total. The van der Waals surface area contributed by atoms with Crippen molar-refractivity contribution in [2.24, 2.45) is 0 Å². The summed E-state index contributed by atoms with van der Waals surface area (Å²) >= 11 is 0. The van der Waals surface area contributed by atoms with Crippen molar-refractivity contribution >= 4 is 85.6 Å². The first-order valence-corrected chi connectivity index (χ1v) is 49.1. The Bertz CT molecular complexity index is 7710. The van der Waals surface area contributed by atoms with Crippen molar-refractivity contribution in [3.63, 3.8) is 0 Å². The SMILES string of the molecule is c1ccc2c(c1)Cc1c-2ccc2c1Cc1ccnc3c1N2c1cnccc1C3.c1ccc2c(c1)Cc1c-2ccc2c1Cc1ccnc3c1N2c1ncccc1C3.c1ccc2c(c1)Cc1c-2ccc2c1Cc1cncc3c1N2c1cnccc1C3.c1ccc2c(c1)Cc1c-2ccc2c1Cc1cncc3c1N2c1ncccc1C3.c1ccc2c(c1)Cc1c-2ccc2c1Cc1nccc3c1N2c1cnccc1C3. The number of anilines is 15. The van der Waals surface area contributed by atoms with Gasteiger partial charge in [-0.15, -0.1) is 0 Å². The van der Waals surface area contributed by atoms with E-state index < -0.39 is 0 Å². The van der Waals surface area contributed by atoms with Gasteiger partial charge in [-0.25, -0.2) is 9.97 Å². The molecule has 5 aliphatic carbocycles. The van der Waals surface area contributed by atoms with E-state index in [1.165, 1.54) is 291 Å². The maximum absolute atomic E-state index is 4.80. The van der Waals surface area contributed by atoms with E-state index in [9.17, 15) is 0 Å². The highest BCUT2D eigenvalue weighted by Crippen LogP contribution is 2.61. The van der Waals surface area contributed by atoms with Gasteiger partial charge in [0.25, 0.3) is 0 Å². The molecule has 0 unspecified atom stereocenters. The molecule has 0 amide bonds. The molecule has 35 rings (SSSR count). The maximum atomic E-state index is 4.80. The van der Waals surface area contributed by atoms with Gasteiger partial charge in [0, 0.05) is 144 Å². The monoisotopic (exact) mass is 1800 g/mol. The van der Waals surface area contributed by atoms with Crippen molar-refractivity contribution in [3.8, 4) is 55.6 Å². The zero-order valence-electron chi connectivity index (χ0n) is 76.6. The molecular weight excluding hydrogens is 1710 g/mol. The van der Waals surface area contributed by atoms with Crippen molar-refractivity contribution < 1.29 is 0 Å². The summed E-state index contributed by atoms with van der Waals surface area (Å²) in [5.74, 6) is 2.12. The van der Waals surface area contributed by atoms with Gasteiger partial charge in [-0.05, 0) is 311 Å². The molecule has 10 aromatic carbocycles. The third-order valence-electron chi connectivity index (χ3n) is 32.3. The van der Waals surface area contributed by atoms with Crippen LogP contribution in [0, 0.1) is 0 Å². The van der Waals surface area contributed by atoms with E-state index >= 15 is 0 Å². The molecule has 0 atom stereocenters. The van der Waals surface area contributed by atoms with Crippen LogP contribution in [0.25, 0.3) is 55.6 Å². The standard InChI is InChI=1S/5C25H17N3/c1-2-6-18-15(4-1)12-20-19(18)7-8-23-21(20)13-16-9-11-26-22-14-17-5-3-10-27-25(17)28(23)24(16)22;1-2-6-19-15(4-1)11-21-20(19)7-8-23-22(21)12-18-14-26-13-17-10-16-5-3-9-27-25(16)28(23)24(17)18;1-2-4-18-15(3-1)12-20-19(18)5-6-23-21(20)13-22-25-17(8-10-27-22)11-16-7-9-26-14-24(16)28(23)25;1-2-4-18-15(3-1)11-20-19(18)5-6-23-21(20)12-17-8-10-27-22-13-16-7-9-26-14-24(16)28(23)25(17)22;1-2-4-19-15(3-1)10-21-20(19)5-6-23-22(21)11-18-13-27-12-17-9-16-7-8-26-14-24(16)28(23)25(17)18/h1-11H,12-14H2;1-9,13-14H,10-12H2;2*1-10,14H,11-13H2;1-8,12-14H,9-11H2. The lowest BCUT2D eigenvalue weighted by Crippen LogP contribution is -2.26. The predicted octanol–water partition coefficient (Wildman–Crippen LogP) is 26.6. The van der Waals surface area contributed by atoms with Gasteiger partial charge in [0.2, 0.25) is 0 Å². The molecule has 0 spiro atoms. The zero-order valence-corrected chi connectivity index (χ0v) is 76.6. The van der Waals surface area contributed by atoms with E-state index in [-0.39, 0.29) is 0 Å². The first kappa shape index (κ1) is 77.9. The minimum absolute atomic E-state index is 0.856. The van der Waals surface area contributed by atoms with Gasteiger partial charge in [0.1, 0.15) is 11.6 Å². The number of hydrogen-bond acceptors (Lipinski definition) is 15. The third kappa shape index (κ3) is 11.5. The summed E-state index contributed by atoms with van der Waals surface area (Å²) in [6.07, 6.45) is 43.9. The maximum Gasteiger partial charge on any atom is 0.141 e. The van der Waals surface area contributed by atoms with Crippen molar-refractivity contribution in [3.05, 3.63) is 503 Å². The fourth-order valence-corrected chi connectivity index (χ4v) is 26.3. The largest absolute Gasteiger partial charge is 0.308 e. The highest BCUT2D eigenvalue weighted by Gasteiger charge is 2.43. The summed E-state index contributed by atoms with van der Waals surface area (Å²) in [5, 5.41) is 0. The highest BCUT2D eigenvalue weighted by molar-refractivity contribution is 5.99. The Balaban J connectivity index is 0.0000000806. The van der Waals surface area contributed by atoms with E-state index in [1.54, 1.807) is 0 Å². The van der Waals surface area contributed by atoms with Crippen LogP contribution in [0.15, 0.2) is 336 Å². The lowest BCUT2D eigenvalue weighted by Gasteiger charge is -2.39. The molecule has 10 aliphatic heterocycles. The fourth-order valence-electron chi connectivity index (χ4n) is 26.3. The molecule has 0 saturated heterocycles. The zero-order chi connectivity index (χ0) is 91.2. The van der Waals surface area contributed by atoms with Gasteiger partial charge in [0.05, 0.1) is 110 Å². The first-order chi connectivity index (χ1) is 69.4. The molecule has 10 aromatic heterocycles. The first-order valence-electron chi connectivity index (χ1n) is 49.1.